The molecule has 9 heteroatoms. The topological polar surface area (TPSA) is 88.3 Å². The lowest BCUT2D eigenvalue weighted by atomic mass is 10.0. The minimum atomic E-state index is -0.583. The molecule has 2 aromatic carbocycles. The summed E-state index contributed by atoms with van der Waals surface area (Å²) in [6.45, 7) is 3.02. The summed E-state index contributed by atoms with van der Waals surface area (Å²) in [6, 6.07) is 14.4. The van der Waals surface area contributed by atoms with Gasteiger partial charge in [0.15, 0.2) is 0 Å². The van der Waals surface area contributed by atoms with Crippen molar-refractivity contribution in [2.45, 2.75) is 25.8 Å². The van der Waals surface area contributed by atoms with Gasteiger partial charge in [0.1, 0.15) is 11.5 Å². The second kappa shape index (κ2) is 9.94. The van der Waals surface area contributed by atoms with Crippen molar-refractivity contribution in [1.82, 2.24) is 30.0 Å². The zero-order valence-electron chi connectivity index (χ0n) is 20.5. The number of carbonyl (C=O) groups is 1. The number of piperidine rings is 1. The lowest BCUT2D eigenvalue weighted by Gasteiger charge is -2.35. The highest BCUT2D eigenvalue weighted by atomic mass is 19.1. The number of hydrogen-bond acceptors (Lipinski definition) is 7. The molecule has 0 bridgehead atoms. The summed E-state index contributed by atoms with van der Waals surface area (Å²) < 4.78 is 20.9. The molecule has 36 heavy (non-hydrogen) atoms. The number of nitrogens with zero attached hydrogens (tertiary/aromatic N) is 6. The van der Waals surface area contributed by atoms with Gasteiger partial charge in [-0.15, -0.1) is 10.2 Å². The molecule has 2 aromatic heterocycles. The fraction of sp³-hybridized carbons (Fsp3) is 0.296. The number of carbonyl (C=O) groups excluding carboxylic acids is 1. The summed E-state index contributed by atoms with van der Waals surface area (Å²) >= 11 is 0. The van der Waals surface area contributed by atoms with Crippen molar-refractivity contribution < 1.29 is 13.6 Å². The second-order valence-corrected chi connectivity index (χ2v) is 9.15. The molecule has 1 amide bonds. The molecule has 5 rings (SSSR count). The maximum Gasteiger partial charge on any atom is 0.268 e. The summed E-state index contributed by atoms with van der Waals surface area (Å²) in [5.74, 6) is -0.263. The third-order valence-electron chi connectivity index (χ3n) is 6.58. The molecule has 4 aromatic rings. The molecule has 0 saturated carbocycles. The maximum atomic E-state index is 15.1. The third-order valence-corrected chi connectivity index (χ3v) is 6.58. The number of benzene rings is 2. The average Bonchev–Trinajstić information content (AvgIpc) is 3.39. The van der Waals surface area contributed by atoms with Crippen molar-refractivity contribution in [3.8, 4) is 34.3 Å². The highest BCUT2D eigenvalue weighted by Crippen LogP contribution is 2.28. The fourth-order valence-electron chi connectivity index (χ4n) is 4.41. The Hall–Kier alpha value is -3.98. The predicted octanol–water partition coefficient (Wildman–Crippen LogP) is 4.47. The summed E-state index contributed by atoms with van der Waals surface area (Å²) in [4.78, 5) is 25.9. The van der Waals surface area contributed by atoms with E-state index in [0.29, 0.717) is 47.7 Å². The Kier molecular flexibility index (Phi) is 6.56. The molecule has 0 aliphatic carbocycles. The molecule has 0 unspecified atom stereocenters. The quantitative estimate of drug-likeness (QED) is 0.411. The zero-order valence-corrected chi connectivity index (χ0v) is 20.5. The van der Waals surface area contributed by atoms with Gasteiger partial charge in [-0.05, 0) is 58.1 Å². The Morgan fingerprint density at radius 1 is 1.03 bits per heavy atom. The first-order chi connectivity index (χ1) is 17.4. The Bertz CT molecular complexity index is 1380. The molecule has 1 fully saturated rings. The van der Waals surface area contributed by atoms with Gasteiger partial charge in [-0.3, -0.25) is 9.78 Å². The van der Waals surface area contributed by atoms with Crippen LogP contribution in [0.5, 0.6) is 0 Å². The van der Waals surface area contributed by atoms with Gasteiger partial charge in [-0.2, -0.15) is 0 Å². The van der Waals surface area contributed by atoms with E-state index in [0.717, 1.165) is 18.4 Å². The number of hydrogen-bond donors (Lipinski definition) is 0. The van der Waals surface area contributed by atoms with Gasteiger partial charge < -0.3 is 14.2 Å². The number of aryl methyl sites for hydroxylation is 1. The van der Waals surface area contributed by atoms with Crippen LogP contribution in [-0.4, -0.2) is 69.1 Å². The summed E-state index contributed by atoms with van der Waals surface area (Å²) in [5.41, 5.74) is 2.84. The lowest BCUT2D eigenvalue weighted by molar-refractivity contribution is 0.0658. The minimum Gasteiger partial charge on any atom is -0.415 e. The standard InChI is InChI=1S/C27H27FN6O2/c1-17-24(26-32-31-25(36-26)18-7-5-4-6-8-18)30-23(16-29-17)19-9-10-21(22(28)15-19)27(35)34-13-11-20(12-14-34)33(2)3/h4-10,15-16,20H,11-14H2,1-3H3. The number of rotatable bonds is 5. The van der Waals surface area contributed by atoms with Crippen LogP contribution in [0.3, 0.4) is 0 Å². The number of likely N-dealkylation sites (tertiary alicyclic amines) is 1. The van der Waals surface area contributed by atoms with Crippen LogP contribution in [0, 0.1) is 12.7 Å². The van der Waals surface area contributed by atoms with Crippen LogP contribution >= 0.6 is 0 Å². The van der Waals surface area contributed by atoms with E-state index >= 15 is 4.39 Å². The van der Waals surface area contributed by atoms with Crippen LogP contribution in [0.15, 0.2) is 59.1 Å². The largest absolute Gasteiger partial charge is 0.415 e. The van der Waals surface area contributed by atoms with Crippen LogP contribution in [0.4, 0.5) is 4.39 Å². The monoisotopic (exact) mass is 486 g/mol. The molecular weight excluding hydrogens is 459 g/mol. The van der Waals surface area contributed by atoms with Gasteiger partial charge in [0.25, 0.3) is 11.8 Å². The van der Waals surface area contributed by atoms with E-state index in [1.807, 2.05) is 44.4 Å². The van der Waals surface area contributed by atoms with E-state index in [1.54, 1.807) is 24.1 Å². The molecule has 0 N–H and O–H groups in total. The first kappa shape index (κ1) is 23.7. The Balaban J connectivity index is 1.38. The average molecular weight is 487 g/mol. The van der Waals surface area contributed by atoms with Crippen molar-refractivity contribution in [3.05, 3.63) is 71.8 Å². The van der Waals surface area contributed by atoms with Gasteiger partial charge in [0.05, 0.1) is 23.1 Å². The summed E-state index contributed by atoms with van der Waals surface area (Å²) in [7, 11) is 4.08. The highest BCUT2D eigenvalue weighted by Gasteiger charge is 2.26. The van der Waals surface area contributed by atoms with Crippen molar-refractivity contribution >= 4 is 5.91 Å². The van der Waals surface area contributed by atoms with Gasteiger partial charge in [-0.25, -0.2) is 9.37 Å². The van der Waals surface area contributed by atoms with Crippen LogP contribution < -0.4 is 0 Å². The van der Waals surface area contributed by atoms with E-state index in [2.05, 4.69) is 25.1 Å². The molecular formula is C27H27FN6O2. The summed E-state index contributed by atoms with van der Waals surface area (Å²) in [6.07, 6.45) is 3.32. The SMILES string of the molecule is Cc1ncc(-c2ccc(C(=O)N3CCC(N(C)C)CC3)c(F)c2)nc1-c1nnc(-c2ccccc2)o1. The first-order valence-electron chi connectivity index (χ1n) is 11.9. The molecule has 0 atom stereocenters. The van der Waals surface area contributed by atoms with E-state index in [1.165, 1.54) is 12.1 Å². The number of aromatic nitrogens is 4. The Morgan fingerprint density at radius 3 is 2.44 bits per heavy atom. The van der Waals surface area contributed by atoms with Crippen LogP contribution in [0.25, 0.3) is 34.3 Å². The number of amides is 1. The van der Waals surface area contributed by atoms with E-state index in [9.17, 15) is 4.79 Å². The molecule has 8 nitrogen and oxygen atoms in total. The molecule has 1 saturated heterocycles. The molecule has 0 radical (unpaired) electrons. The van der Waals surface area contributed by atoms with Crippen LogP contribution in [-0.2, 0) is 0 Å². The minimum absolute atomic E-state index is 0.0618. The van der Waals surface area contributed by atoms with E-state index in [-0.39, 0.29) is 17.4 Å². The van der Waals surface area contributed by atoms with Crippen molar-refractivity contribution in [1.29, 1.82) is 0 Å². The third kappa shape index (κ3) is 4.74. The first-order valence-corrected chi connectivity index (χ1v) is 11.9. The highest BCUT2D eigenvalue weighted by molar-refractivity contribution is 5.95. The lowest BCUT2D eigenvalue weighted by Crippen LogP contribution is -2.44. The van der Waals surface area contributed by atoms with Crippen molar-refractivity contribution in [3.63, 3.8) is 0 Å². The fourth-order valence-corrected chi connectivity index (χ4v) is 4.41. The van der Waals surface area contributed by atoms with Gasteiger partial charge in [-0.1, -0.05) is 24.3 Å². The van der Waals surface area contributed by atoms with Crippen molar-refractivity contribution in [2.24, 2.45) is 0 Å². The Labute approximate surface area is 208 Å². The van der Waals surface area contributed by atoms with E-state index < -0.39 is 5.82 Å². The smallest absolute Gasteiger partial charge is 0.268 e. The summed E-state index contributed by atoms with van der Waals surface area (Å²) in [5, 5.41) is 8.26. The second-order valence-electron chi connectivity index (χ2n) is 9.15. The van der Waals surface area contributed by atoms with Crippen molar-refractivity contribution in [2.75, 3.05) is 27.2 Å². The molecule has 184 valence electrons. The maximum absolute atomic E-state index is 15.1. The Morgan fingerprint density at radius 2 is 1.75 bits per heavy atom. The van der Waals surface area contributed by atoms with E-state index in [4.69, 9.17) is 4.42 Å². The van der Waals surface area contributed by atoms with Gasteiger partial charge in [0.2, 0.25) is 5.89 Å². The normalized spacial score (nSPS) is 14.4. The van der Waals surface area contributed by atoms with Gasteiger partial charge in [0, 0.05) is 30.3 Å². The molecule has 0 spiro atoms. The zero-order chi connectivity index (χ0) is 25.2. The predicted molar refractivity (Wildman–Crippen MR) is 134 cm³/mol. The van der Waals surface area contributed by atoms with Crippen LogP contribution in [0.1, 0.15) is 28.9 Å². The molecule has 1 aliphatic heterocycles. The van der Waals surface area contributed by atoms with Crippen LogP contribution in [0.2, 0.25) is 0 Å². The number of halogens is 1. The van der Waals surface area contributed by atoms with Gasteiger partial charge >= 0.3 is 0 Å². The molecule has 1 aliphatic rings. The molecule has 3 heterocycles.